The van der Waals surface area contributed by atoms with Crippen molar-refractivity contribution in [3.63, 3.8) is 0 Å². The summed E-state index contributed by atoms with van der Waals surface area (Å²) in [6.07, 6.45) is -9.83. The number of hydrogen-bond acceptors (Lipinski definition) is 1. The number of benzene rings is 1. The molecule has 1 rings (SSSR count). The average molecular weight is 418 g/mol. The van der Waals surface area contributed by atoms with E-state index in [1.807, 2.05) is 0 Å². The lowest BCUT2D eigenvalue weighted by Gasteiger charge is -2.34. The Morgan fingerprint density at radius 3 is 1.93 bits per heavy atom. The summed E-state index contributed by atoms with van der Waals surface area (Å²) in [4.78, 5) is 11.0. The van der Waals surface area contributed by atoms with Crippen LogP contribution in [0.4, 0.5) is 39.5 Å². The molecule has 0 spiro atoms. The molecule has 1 aromatic carbocycles. The summed E-state index contributed by atoms with van der Waals surface area (Å²) in [5.74, 6) is -17.1. The van der Waals surface area contributed by atoms with Crippen molar-refractivity contribution >= 4 is 5.78 Å². The van der Waals surface area contributed by atoms with Gasteiger partial charge in [0.2, 0.25) is 0 Å². The lowest BCUT2D eigenvalue weighted by molar-refractivity contribution is -0.397. The second-order valence-corrected chi connectivity index (χ2v) is 6.13. The summed E-state index contributed by atoms with van der Waals surface area (Å²) in [5, 5.41) is 0. The molecule has 28 heavy (non-hydrogen) atoms. The van der Waals surface area contributed by atoms with E-state index in [2.05, 4.69) is 11.8 Å². The summed E-state index contributed by atoms with van der Waals surface area (Å²) in [6, 6.07) is 7.55. The van der Waals surface area contributed by atoms with Gasteiger partial charge in [-0.1, -0.05) is 30.0 Å². The molecule has 1 nitrogen and oxygen atoms in total. The van der Waals surface area contributed by atoms with Gasteiger partial charge in [-0.25, -0.2) is 0 Å². The van der Waals surface area contributed by atoms with Crippen LogP contribution >= 0.6 is 0 Å². The number of ketones is 1. The molecule has 0 amide bonds. The minimum Gasteiger partial charge on any atom is -0.300 e. The van der Waals surface area contributed by atoms with Crippen LogP contribution in [-0.2, 0) is 4.79 Å². The maximum Gasteiger partial charge on any atom is 0.460 e. The quantitative estimate of drug-likeness (QED) is 0.399. The van der Waals surface area contributed by atoms with Gasteiger partial charge in [0.25, 0.3) is 0 Å². The largest absolute Gasteiger partial charge is 0.460 e. The highest BCUT2D eigenvalue weighted by Gasteiger charge is 2.81. The monoisotopic (exact) mass is 418 g/mol. The van der Waals surface area contributed by atoms with E-state index in [9.17, 15) is 44.3 Å². The molecule has 0 aromatic heterocycles. The van der Waals surface area contributed by atoms with Crippen LogP contribution in [0.3, 0.4) is 0 Å². The molecule has 156 valence electrons. The fourth-order valence-corrected chi connectivity index (χ4v) is 2.15. The molecule has 0 N–H and O–H groups in total. The summed E-state index contributed by atoms with van der Waals surface area (Å²) in [7, 11) is 0. The lowest BCUT2D eigenvalue weighted by Crippen LogP contribution is -2.61. The molecule has 0 fully saturated rings. The van der Waals surface area contributed by atoms with Gasteiger partial charge < -0.3 is 4.79 Å². The zero-order valence-electron chi connectivity index (χ0n) is 14.4. The molecule has 0 radical (unpaired) electrons. The lowest BCUT2D eigenvalue weighted by atomic mass is 9.90. The molecule has 0 heterocycles. The van der Waals surface area contributed by atoms with Crippen molar-refractivity contribution in [2.75, 3.05) is 0 Å². The Kier molecular flexibility index (Phi) is 7.20. The Hall–Kier alpha value is -2.18. The molecular formula is C18H15F9O. The number of halogens is 9. The van der Waals surface area contributed by atoms with Crippen LogP contribution < -0.4 is 0 Å². The predicted octanol–water partition coefficient (Wildman–Crippen LogP) is 5.88. The highest BCUT2D eigenvalue weighted by Crippen LogP contribution is 2.54. The van der Waals surface area contributed by atoms with Crippen molar-refractivity contribution in [1.29, 1.82) is 0 Å². The van der Waals surface area contributed by atoms with Crippen molar-refractivity contribution in [1.82, 2.24) is 0 Å². The first-order chi connectivity index (χ1) is 12.6. The second-order valence-electron chi connectivity index (χ2n) is 6.13. The summed E-state index contributed by atoms with van der Waals surface area (Å²) >= 11 is 0. The fourth-order valence-electron chi connectivity index (χ4n) is 2.15. The van der Waals surface area contributed by atoms with E-state index >= 15 is 0 Å². The van der Waals surface area contributed by atoms with Gasteiger partial charge in [0, 0.05) is 24.3 Å². The molecule has 1 atom stereocenters. The van der Waals surface area contributed by atoms with Gasteiger partial charge in [-0.3, -0.25) is 0 Å². The molecule has 10 heteroatoms. The number of carbonyl (C=O) groups is 1. The van der Waals surface area contributed by atoms with E-state index in [4.69, 9.17) is 0 Å². The summed E-state index contributed by atoms with van der Waals surface area (Å²) < 4.78 is 117. The molecule has 0 unspecified atom stereocenters. The first kappa shape index (κ1) is 23.9. The van der Waals surface area contributed by atoms with E-state index < -0.39 is 48.5 Å². The molecule has 0 saturated heterocycles. The van der Waals surface area contributed by atoms with Gasteiger partial charge in [-0.15, -0.1) is 0 Å². The minimum atomic E-state index is -6.94. The number of Topliss-reactive ketones (excluding diaryl/α,β-unsaturated/α-hetero) is 1. The first-order valence-electron chi connectivity index (χ1n) is 7.88. The van der Waals surface area contributed by atoms with Crippen LogP contribution in [0.2, 0.25) is 0 Å². The smallest absolute Gasteiger partial charge is 0.300 e. The van der Waals surface area contributed by atoms with Crippen LogP contribution in [-0.4, -0.2) is 29.7 Å². The van der Waals surface area contributed by atoms with Gasteiger partial charge in [0.05, 0.1) is 0 Å². The van der Waals surface area contributed by atoms with Crippen molar-refractivity contribution in [2.45, 2.75) is 50.1 Å². The van der Waals surface area contributed by atoms with Crippen LogP contribution in [0, 0.1) is 17.8 Å². The van der Waals surface area contributed by atoms with E-state index in [1.54, 1.807) is 6.07 Å². The Balaban J connectivity index is 3.18. The van der Waals surface area contributed by atoms with Crippen LogP contribution in [0.15, 0.2) is 30.3 Å². The maximum absolute atomic E-state index is 13.8. The van der Waals surface area contributed by atoms with Crippen LogP contribution in [0.5, 0.6) is 0 Å². The molecular weight excluding hydrogens is 403 g/mol. The third kappa shape index (κ3) is 5.42. The second kappa shape index (κ2) is 8.45. The third-order valence-electron chi connectivity index (χ3n) is 3.75. The predicted molar refractivity (Wildman–Crippen MR) is 82.2 cm³/mol. The molecule has 0 aliphatic rings. The fraction of sp³-hybridized carbons (Fsp3) is 0.500. The average Bonchev–Trinajstić information content (AvgIpc) is 2.56. The molecule has 1 aromatic rings. The van der Waals surface area contributed by atoms with Crippen molar-refractivity contribution in [2.24, 2.45) is 5.92 Å². The van der Waals surface area contributed by atoms with Crippen molar-refractivity contribution in [3.05, 3.63) is 35.9 Å². The SMILES string of the molecule is CC(=O)CC[C@H](C#Cc1ccccc1)CC(F)(F)C(F)(F)C(F)(F)C(F)(F)F. The van der Waals surface area contributed by atoms with E-state index in [0.29, 0.717) is 0 Å². The van der Waals surface area contributed by atoms with Crippen LogP contribution in [0.25, 0.3) is 0 Å². The van der Waals surface area contributed by atoms with Crippen LogP contribution in [0.1, 0.15) is 31.7 Å². The minimum absolute atomic E-state index is 0.283. The van der Waals surface area contributed by atoms with E-state index in [-0.39, 0.29) is 12.0 Å². The molecule has 0 aliphatic heterocycles. The number of carbonyl (C=O) groups excluding carboxylic acids is 1. The van der Waals surface area contributed by atoms with Crippen molar-refractivity contribution in [3.8, 4) is 11.8 Å². The van der Waals surface area contributed by atoms with E-state index in [0.717, 1.165) is 6.92 Å². The van der Waals surface area contributed by atoms with Gasteiger partial charge in [0.1, 0.15) is 5.78 Å². The van der Waals surface area contributed by atoms with Gasteiger partial charge in [0.15, 0.2) is 0 Å². The Morgan fingerprint density at radius 2 is 1.46 bits per heavy atom. The maximum atomic E-state index is 13.8. The normalized spacial score (nSPS) is 14.2. The zero-order valence-corrected chi connectivity index (χ0v) is 14.4. The van der Waals surface area contributed by atoms with Gasteiger partial charge in [-0.2, -0.15) is 39.5 Å². The highest BCUT2D eigenvalue weighted by molar-refractivity contribution is 5.75. The van der Waals surface area contributed by atoms with Gasteiger partial charge in [-0.05, 0) is 25.5 Å². The molecule has 0 bridgehead atoms. The van der Waals surface area contributed by atoms with E-state index in [1.165, 1.54) is 24.3 Å². The summed E-state index contributed by atoms with van der Waals surface area (Å²) in [5.41, 5.74) is 0.283. The Labute approximate surface area is 154 Å². The zero-order chi connectivity index (χ0) is 21.8. The number of alkyl halides is 9. The first-order valence-corrected chi connectivity index (χ1v) is 7.88. The van der Waals surface area contributed by atoms with Gasteiger partial charge >= 0.3 is 23.9 Å². The number of hydrogen-bond donors (Lipinski definition) is 0. The molecule has 0 saturated carbocycles. The topological polar surface area (TPSA) is 17.1 Å². The Bertz CT molecular complexity index is 727. The Morgan fingerprint density at radius 1 is 0.929 bits per heavy atom. The highest BCUT2D eigenvalue weighted by atomic mass is 19.4. The van der Waals surface area contributed by atoms with Crippen molar-refractivity contribution < 1.29 is 44.3 Å². The standard InChI is InChI=1S/C18H15F9O/c1-12(28)7-8-14(10-9-13-5-3-2-4-6-13)11-15(19,20)16(21,22)17(23,24)18(25,26)27/h2-6,14H,7-8,11H2,1H3/t14-/m1/s1. The third-order valence-corrected chi connectivity index (χ3v) is 3.75. The molecule has 0 aliphatic carbocycles. The summed E-state index contributed by atoms with van der Waals surface area (Å²) in [6.45, 7) is 1.08. The number of rotatable bonds is 7.